The van der Waals surface area contributed by atoms with Gasteiger partial charge in [0.25, 0.3) is 0 Å². The van der Waals surface area contributed by atoms with E-state index >= 15 is 0 Å². The fourth-order valence-corrected chi connectivity index (χ4v) is 7.71. The summed E-state index contributed by atoms with van der Waals surface area (Å²) in [6.45, 7) is 0. The van der Waals surface area contributed by atoms with Gasteiger partial charge in [-0.1, -0.05) is 217 Å². The Morgan fingerprint density at radius 2 is 0.625 bits per heavy atom. The molecule has 0 spiro atoms. The maximum Gasteiger partial charge on any atom is 0.217 e. The van der Waals surface area contributed by atoms with Crippen molar-refractivity contribution in [3.05, 3.63) is 24.3 Å². The van der Waals surface area contributed by atoms with Crippen molar-refractivity contribution < 1.29 is 9.59 Å². The Bertz CT molecular complexity index is 739. The van der Waals surface area contributed by atoms with Gasteiger partial charge in [-0.25, -0.2) is 0 Å². The summed E-state index contributed by atoms with van der Waals surface area (Å²) < 4.78 is 0. The SMILES string of the molecule is NC(=O)CCCCCCCCCCCCCCCCCCC1(CCCCCCCCCCCCCCCCCCC(N)=O)C=CC=CC1. The van der Waals surface area contributed by atoms with Crippen molar-refractivity contribution in [2.45, 2.75) is 238 Å². The Labute approximate surface area is 299 Å². The van der Waals surface area contributed by atoms with E-state index in [0.717, 1.165) is 25.7 Å². The molecule has 0 aliphatic heterocycles. The molecule has 0 aromatic rings. The highest BCUT2D eigenvalue weighted by atomic mass is 16.1. The number of primary amides is 2. The Kier molecular flexibility index (Phi) is 31.4. The quantitative estimate of drug-likeness (QED) is 0.0640. The van der Waals surface area contributed by atoms with Gasteiger partial charge in [-0.15, -0.1) is 0 Å². The predicted molar refractivity (Wildman–Crippen MR) is 210 cm³/mol. The Balaban J connectivity index is 1.88. The molecular weight excluding hydrogens is 588 g/mol. The van der Waals surface area contributed by atoms with Gasteiger partial charge in [-0.3, -0.25) is 9.59 Å². The van der Waals surface area contributed by atoms with Crippen molar-refractivity contribution in [3.8, 4) is 0 Å². The first kappa shape index (κ1) is 44.4. The smallest absolute Gasteiger partial charge is 0.217 e. The van der Waals surface area contributed by atoms with E-state index in [-0.39, 0.29) is 11.8 Å². The van der Waals surface area contributed by atoms with Crippen LogP contribution in [0.15, 0.2) is 24.3 Å². The van der Waals surface area contributed by atoms with Gasteiger partial charge in [0.05, 0.1) is 0 Å². The molecule has 0 aromatic carbocycles. The molecule has 0 fully saturated rings. The minimum absolute atomic E-state index is 0.153. The Hall–Kier alpha value is -1.58. The fraction of sp³-hybridized carbons (Fsp3) is 0.864. The summed E-state index contributed by atoms with van der Waals surface area (Å²) in [5.41, 5.74) is 10.8. The average Bonchev–Trinajstić information content (AvgIpc) is 3.07. The third-order valence-corrected chi connectivity index (χ3v) is 10.9. The second-order valence-corrected chi connectivity index (χ2v) is 15.6. The highest BCUT2D eigenvalue weighted by Gasteiger charge is 2.25. The molecule has 0 radical (unpaired) electrons. The number of nitrogens with two attached hydrogens (primary N) is 2. The van der Waals surface area contributed by atoms with Crippen molar-refractivity contribution in [2.75, 3.05) is 0 Å². The normalized spacial score (nSPS) is 13.8. The van der Waals surface area contributed by atoms with Gasteiger partial charge in [0.2, 0.25) is 11.8 Å². The molecule has 0 saturated carbocycles. The first-order chi connectivity index (χ1) is 23.5. The van der Waals surface area contributed by atoms with Crippen LogP contribution >= 0.6 is 0 Å². The van der Waals surface area contributed by atoms with Gasteiger partial charge in [0.15, 0.2) is 0 Å². The number of allylic oxidation sites excluding steroid dienone is 4. The van der Waals surface area contributed by atoms with Gasteiger partial charge in [0, 0.05) is 12.8 Å². The lowest BCUT2D eigenvalue weighted by molar-refractivity contribution is -0.119. The van der Waals surface area contributed by atoms with Crippen LogP contribution in [0, 0.1) is 5.41 Å². The molecule has 4 nitrogen and oxygen atoms in total. The van der Waals surface area contributed by atoms with E-state index in [9.17, 15) is 9.59 Å². The summed E-state index contributed by atoms with van der Waals surface area (Å²) in [4.78, 5) is 21.5. The summed E-state index contributed by atoms with van der Waals surface area (Å²) in [5.74, 6) is -0.307. The zero-order valence-electron chi connectivity index (χ0n) is 31.9. The summed E-state index contributed by atoms with van der Waals surface area (Å²) in [6, 6.07) is 0. The van der Waals surface area contributed by atoms with Crippen molar-refractivity contribution in [3.63, 3.8) is 0 Å². The van der Waals surface area contributed by atoms with E-state index in [1.807, 2.05) is 0 Å². The number of unbranched alkanes of at least 4 members (excludes halogenated alkanes) is 30. The summed E-state index contributed by atoms with van der Waals surface area (Å²) in [5, 5.41) is 0. The van der Waals surface area contributed by atoms with Crippen LogP contribution in [-0.4, -0.2) is 11.8 Å². The Morgan fingerprint density at radius 3 is 0.854 bits per heavy atom. The molecule has 0 aromatic heterocycles. The van der Waals surface area contributed by atoms with Gasteiger partial charge >= 0.3 is 0 Å². The maximum atomic E-state index is 10.8. The van der Waals surface area contributed by atoms with Crippen LogP contribution in [-0.2, 0) is 9.59 Å². The molecule has 0 heterocycles. The van der Waals surface area contributed by atoms with Crippen LogP contribution in [0.5, 0.6) is 0 Å². The van der Waals surface area contributed by atoms with Gasteiger partial charge < -0.3 is 11.5 Å². The van der Waals surface area contributed by atoms with Crippen LogP contribution in [0.3, 0.4) is 0 Å². The zero-order valence-corrected chi connectivity index (χ0v) is 31.9. The number of amides is 2. The highest BCUT2D eigenvalue weighted by molar-refractivity contribution is 5.73. The average molecular weight is 671 g/mol. The van der Waals surface area contributed by atoms with Gasteiger partial charge in [-0.05, 0) is 37.5 Å². The number of hydrogen-bond acceptors (Lipinski definition) is 2. The largest absolute Gasteiger partial charge is 0.370 e. The molecule has 1 aliphatic carbocycles. The number of carbonyl (C=O) groups excluding carboxylic acids is 2. The minimum Gasteiger partial charge on any atom is -0.370 e. The third kappa shape index (κ3) is 30.5. The molecule has 48 heavy (non-hydrogen) atoms. The van der Waals surface area contributed by atoms with Crippen LogP contribution in [0.4, 0.5) is 0 Å². The van der Waals surface area contributed by atoms with Crippen LogP contribution in [0.2, 0.25) is 0 Å². The van der Waals surface area contributed by atoms with Gasteiger partial charge in [-0.2, -0.15) is 0 Å². The molecule has 280 valence electrons. The molecule has 1 aliphatic rings. The third-order valence-electron chi connectivity index (χ3n) is 10.9. The number of rotatable bonds is 38. The van der Waals surface area contributed by atoms with E-state index < -0.39 is 0 Å². The standard InChI is InChI=1S/C44H82N2O2/c45-42(47)36-30-25-21-17-13-9-5-1-3-7-11-15-19-23-27-32-38-44(40-34-29-35-41-44)39-33-28-24-20-16-12-8-4-2-6-10-14-18-22-26-31-37-43(46)48/h29,34-35,40H,1-28,30-33,36-39,41H2,(H2,45,47)(H2,46,48). The van der Waals surface area contributed by atoms with Crippen LogP contribution in [0.1, 0.15) is 238 Å². The topological polar surface area (TPSA) is 86.2 Å². The second-order valence-electron chi connectivity index (χ2n) is 15.6. The summed E-state index contributed by atoms with van der Waals surface area (Å²) in [7, 11) is 0. The molecule has 0 bridgehead atoms. The number of carbonyl (C=O) groups is 2. The second kappa shape index (κ2) is 33.9. The van der Waals surface area contributed by atoms with E-state index in [1.54, 1.807) is 0 Å². The molecule has 1 rings (SSSR count). The van der Waals surface area contributed by atoms with E-state index in [0.29, 0.717) is 18.3 Å². The molecule has 4 N–H and O–H groups in total. The fourth-order valence-electron chi connectivity index (χ4n) is 7.71. The molecule has 0 saturated heterocycles. The lowest BCUT2D eigenvalue weighted by Crippen LogP contribution is -2.18. The Morgan fingerprint density at radius 1 is 0.375 bits per heavy atom. The lowest BCUT2D eigenvalue weighted by Gasteiger charge is -2.31. The van der Waals surface area contributed by atoms with Gasteiger partial charge in [0.1, 0.15) is 0 Å². The molecular formula is C44H82N2O2. The monoisotopic (exact) mass is 671 g/mol. The van der Waals surface area contributed by atoms with Crippen LogP contribution < -0.4 is 11.5 Å². The zero-order chi connectivity index (χ0) is 34.6. The van der Waals surface area contributed by atoms with E-state index in [2.05, 4.69) is 24.3 Å². The first-order valence-corrected chi connectivity index (χ1v) is 21.5. The molecule has 2 amide bonds. The van der Waals surface area contributed by atoms with E-state index in [1.165, 1.54) is 199 Å². The molecule has 0 unspecified atom stereocenters. The lowest BCUT2D eigenvalue weighted by atomic mass is 9.73. The maximum absolute atomic E-state index is 10.8. The molecule has 0 atom stereocenters. The minimum atomic E-state index is -0.153. The van der Waals surface area contributed by atoms with Crippen molar-refractivity contribution in [1.82, 2.24) is 0 Å². The highest BCUT2D eigenvalue weighted by Crippen LogP contribution is 2.39. The predicted octanol–water partition coefficient (Wildman–Crippen LogP) is 13.5. The molecule has 4 heteroatoms. The van der Waals surface area contributed by atoms with Crippen LogP contribution in [0.25, 0.3) is 0 Å². The first-order valence-electron chi connectivity index (χ1n) is 21.5. The van der Waals surface area contributed by atoms with E-state index in [4.69, 9.17) is 11.5 Å². The summed E-state index contributed by atoms with van der Waals surface area (Å²) in [6.07, 6.45) is 58.0. The van der Waals surface area contributed by atoms with Crippen molar-refractivity contribution in [2.24, 2.45) is 16.9 Å². The van der Waals surface area contributed by atoms with Crippen molar-refractivity contribution >= 4 is 11.8 Å². The number of hydrogen-bond donors (Lipinski definition) is 2. The van der Waals surface area contributed by atoms with Crippen molar-refractivity contribution in [1.29, 1.82) is 0 Å². The summed E-state index contributed by atoms with van der Waals surface area (Å²) >= 11 is 0.